The number of carbonyl (C=O) groups excluding carboxylic acids is 2. The number of esters is 1. The fourth-order valence-electron chi connectivity index (χ4n) is 3.00. The molecule has 0 radical (unpaired) electrons. The van der Waals surface area contributed by atoms with Gasteiger partial charge in [-0.2, -0.15) is 0 Å². The molecule has 0 aliphatic carbocycles. The van der Waals surface area contributed by atoms with Gasteiger partial charge in [0.05, 0.1) is 7.11 Å². The van der Waals surface area contributed by atoms with Crippen LogP contribution in [0.3, 0.4) is 0 Å². The predicted octanol–water partition coefficient (Wildman–Crippen LogP) is 3.24. The molecular formula is C21H31FN2O5. The summed E-state index contributed by atoms with van der Waals surface area (Å²) in [5.74, 6) is 0.0517. The van der Waals surface area contributed by atoms with Crippen LogP contribution in [0.15, 0.2) is 24.3 Å². The van der Waals surface area contributed by atoms with E-state index in [9.17, 15) is 14.0 Å². The van der Waals surface area contributed by atoms with E-state index >= 15 is 0 Å². The number of amides is 1. The second-order valence-corrected chi connectivity index (χ2v) is 8.04. The van der Waals surface area contributed by atoms with Gasteiger partial charge in [-0.05, 0) is 51.3 Å². The zero-order valence-electron chi connectivity index (χ0n) is 17.6. The summed E-state index contributed by atoms with van der Waals surface area (Å²) in [4.78, 5) is 26.3. The average Bonchev–Trinajstić information content (AvgIpc) is 2.66. The van der Waals surface area contributed by atoms with E-state index in [1.807, 2.05) is 0 Å². The maximum atomic E-state index is 13.2. The predicted molar refractivity (Wildman–Crippen MR) is 107 cm³/mol. The van der Waals surface area contributed by atoms with E-state index in [1.165, 1.54) is 7.11 Å². The number of hydrogen-bond donors (Lipinski definition) is 1. The van der Waals surface area contributed by atoms with Gasteiger partial charge in [0.15, 0.2) is 6.04 Å². The van der Waals surface area contributed by atoms with Gasteiger partial charge in [-0.25, -0.2) is 14.0 Å². The molecule has 0 saturated carbocycles. The largest absolute Gasteiger partial charge is 0.492 e. The lowest BCUT2D eigenvalue weighted by Crippen LogP contribution is -2.38. The van der Waals surface area contributed by atoms with Gasteiger partial charge in [0.2, 0.25) is 0 Å². The summed E-state index contributed by atoms with van der Waals surface area (Å²) in [5, 5.41) is 2.54. The van der Waals surface area contributed by atoms with Crippen LogP contribution in [0.4, 0.5) is 9.18 Å². The van der Waals surface area contributed by atoms with Gasteiger partial charge in [-0.15, -0.1) is 0 Å². The number of piperidine rings is 1. The van der Waals surface area contributed by atoms with Gasteiger partial charge in [0, 0.05) is 19.6 Å². The van der Waals surface area contributed by atoms with E-state index < -0.39 is 29.9 Å². The zero-order chi connectivity index (χ0) is 21.4. The minimum atomic E-state index is -0.981. The molecule has 1 atom stereocenters. The fourth-order valence-corrected chi connectivity index (χ4v) is 3.00. The van der Waals surface area contributed by atoms with Crippen LogP contribution in [0.25, 0.3) is 0 Å². The molecule has 1 aliphatic heterocycles. The normalized spacial score (nSPS) is 16.7. The number of methoxy groups -OCH3 is 1. The van der Waals surface area contributed by atoms with Crippen LogP contribution in [0.1, 0.15) is 45.2 Å². The molecule has 1 aromatic rings. The lowest BCUT2D eigenvalue weighted by atomic mass is 10.1. The number of likely N-dealkylation sites (tertiary alicyclic amines) is 1. The number of rotatable bonds is 7. The highest BCUT2D eigenvalue weighted by molar-refractivity contribution is 5.82. The molecule has 1 aromatic carbocycles. The number of nitrogens with zero attached hydrogens (tertiary/aromatic N) is 1. The van der Waals surface area contributed by atoms with E-state index in [0.717, 1.165) is 19.6 Å². The van der Waals surface area contributed by atoms with E-state index in [2.05, 4.69) is 10.2 Å². The van der Waals surface area contributed by atoms with E-state index in [4.69, 9.17) is 14.2 Å². The number of halogens is 1. The number of nitrogens with one attached hydrogen (secondary N) is 1. The molecule has 162 valence electrons. The Morgan fingerprint density at radius 3 is 2.38 bits per heavy atom. The molecule has 1 saturated heterocycles. The quantitative estimate of drug-likeness (QED) is 0.696. The summed E-state index contributed by atoms with van der Waals surface area (Å²) in [7, 11) is 1.26. The van der Waals surface area contributed by atoms with Crippen LogP contribution in [-0.4, -0.2) is 62.1 Å². The molecule has 1 aliphatic rings. The van der Waals surface area contributed by atoms with Crippen LogP contribution in [0.2, 0.25) is 0 Å². The fraction of sp³-hybridized carbons (Fsp3) is 0.619. The van der Waals surface area contributed by atoms with Gasteiger partial charge in [-0.1, -0.05) is 12.1 Å². The SMILES string of the molecule is COC(=O)[C@@H](NC(=O)OC(C)(C)C)c1ccc(OCCN2CCC(F)CC2)cc1. The summed E-state index contributed by atoms with van der Waals surface area (Å²) in [6.45, 7) is 7.95. The lowest BCUT2D eigenvalue weighted by Gasteiger charge is -2.28. The van der Waals surface area contributed by atoms with E-state index in [0.29, 0.717) is 30.8 Å². The second kappa shape index (κ2) is 10.4. The van der Waals surface area contributed by atoms with Crippen LogP contribution in [0.5, 0.6) is 5.75 Å². The highest BCUT2D eigenvalue weighted by Crippen LogP contribution is 2.20. The first kappa shape index (κ1) is 22.9. The van der Waals surface area contributed by atoms with E-state index in [-0.39, 0.29) is 0 Å². The first-order chi connectivity index (χ1) is 13.7. The van der Waals surface area contributed by atoms with Gasteiger partial charge in [0.1, 0.15) is 24.1 Å². The van der Waals surface area contributed by atoms with Crippen molar-refractivity contribution in [3.63, 3.8) is 0 Å². The van der Waals surface area contributed by atoms with Crippen molar-refractivity contribution < 1.29 is 28.2 Å². The topological polar surface area (TPSA) is 77.1 Å². The summed E-state index contributed by atoms with van der Waals surface area (Å²) < 4.78 is 28.9. The molecular weight excluding hydrogens is 379 g/mol. The third-order valence-corrected chi connectivity index (χ3v) is 4.50. The Morgan fingerprint density at radius 2 is 1.83 bits per heavy atom. The minimum Gasteiger partial charge on any atom is -0.492 e. The van der Waals surface area contributed by atoms with Crippen molar-refractivity contribution in [2.75, 3.05) is 33.4 Å². The summed E-state index contributed by atoms with van der Waals surface area (Å²) >= 11 is 0. The number of alkyl halides is 1. The van der Waals surface area contributed by atoms with Gasteiger partial charge in [-0.3, -0.25) is 4.90 Å². The smallest absolute Gasteiger partial charge is 0.408 e. The van der Waals surface area contributed by atoms with Crippen LogP contribution in [0, 0.1) is 0 Å². The molecule has 8 heteroatoms. The maximum absolute atomic E-state index is 13.2. The first-order valence-corrected chi connectivity index (χ1v) is 9.84. The third-order valence-electron chi connectivity index (χ3n) is 4.50. The van der Waals surface area contributed by atoms with Crippen molar-refractivity contribution in [1.82, 2.24) is 10.2 Å². The standard InChI is InChI=1S/C21H31FN2O5/c1-21(2,3)29-20(26)23-18(19(25)27-4)15-5-7-17(8-6-15)28-14-13-24-11-9-16(22)10-12-24/h5-8,16,18H,9-14H2,1-4H3,(H,23,26)/t18-/m0/s1. The molecule has 29 heavy (non-hydrogen) atoms. The number of benzene rings is 1. The molecule has 1 heterocycles. The highest BCUT2D eigenvalue weighted by atomic mass is 19.1. The maximum Gasteiger partial charge on any atom is 0.408 e. The van der Waals surface area contributed by atoms with Gasteiger partial charge < -0.3 is 19.5 Å². The third kappa shape index (κ3) is 7.89. The van der Waals surface area contributed by atoms with Crippen molar-refractivity contribution in [2.24, 2.45) is 0 Å². The molecule has 1 amide bonds. The van der Waals surface area contributed by atoms with E-state index in [1.54, 1.807) is 45.0 Å². The summed E-state index contributed by atoms with van der Waals surface area (Å²) in [6, 6.07) is 5.88. The molecule has 1 fully saturated rings. The molecule has 0 spiro atoms. The second-order valence-electron chi connectivity index (χ2n) is 8.04. The van der Waals surface area contributed by atoms with Crippen LogP contribution < -0.4 is 10.1 Å². The molecule has 0 bridgehead atoms. The molecule has 1 N–H and O–H groups in total. The number of carbonyl (C=O) groups is 2. The Bertz CT molecular complexity index is 667. The number of hydrogen-bond acceptors (Lipinski definition) is 6. The molecule has 0 unspecified atom stereocenters. The first-order valence-electron chi connectivity index (χ1n) is 9.84. The minimum absolute atomic E-state index is 0.493. The van der Waals surface area contributed by atoms with Crippen LogP contribution >= 0.6 is 0 Å². The Balaban J connectivity index is 1.90. The Morgan fingerprint density at radius 1 is 1.21 bits per heavy atom. The monoisotopic (exact) mass is 410 g/mol. The van der Waals surface area contributed by atoms with Crippen molar-refractivity contribution >= 4 is 12.1 Å². The highest BCUT2D eigenvalue weighted by Gasteiger charge is 2.26. The van der Waals surface area contributed by atoms with Gasteiger partial charge in [0.25, 0.3) is 0 Å². The number of ether oxygens (including phenoxy) is 3. The summed E-state index contributed by atoms with van der Waals surface area (Å²) in [5.41, 5.74) is -0.123. The van der Waals surface area contributed by atoms with Crippen molar-refractivity contribution in [2.45, 2.75) is 51.4 Å². The zero-order valence-corrected chi connectivity index (χ0v) is 17.6. The number of alkyl carbamates (subject to hydrolysis) is 1. The average molecular weight is 410 g/mol. The Kier molecular flexibility index (Phi) is 8.25. The molecule has 7 nitrogen and oxygen atoms in total. The Hall–Kier alpha value is -2.35. The van der Waals surface area contributed by atoms with Gasteiger partial charge >= 0.3 is 12.1 Å². The Labute approximate surface area is 171 Å². The molecule has 0 aromatic heterocycles. The van der Waals surface area contributed by atoms with Crippen molar-refractivity contribution in [1.29, 1.82) is 0 Å². The van der Waals surface area contributed by atoms with Crippen LogP contribution in [-0.2, 0) is 14.3 Å². The lowest BCUT2D eigenvalue weighted by molar-refractivity contribution is -0.143. The molecule has 2 rings (SSSR count). The summed E-state index contributed by atoms with van der Waals surface area (Å²) in [6.07, 6.45) is -0.232. The van der Waals surface area contributed by atoms with Crippen molar-refractivity contribution in [3.8, 4) is 5.75 Å². The van der Waals surface area contributed by atoms with Crippen molar-refractivity contribution in [3.05, 3.63) is 29.8 Å².